The molecule has 108 valence electrons. The van der Waals surface area contributed by atoms with E-state index in [0.717, 1.165) is 24.2 Å². The van der Waals surface area contributed by atoms with Gasteiger partial charge in [-0.05, 0) is 37.7 Å². The average molecular weight is 275 g/mol. The Bertz CT molecular complexity index is 588. The maximum absolute atomic E-state index is 11.6. The molecule has 0 saturated heterocycles. The molecule has 0 spiro atoms. The van der Waals surface area contributed by atoms with Gasteiger partial charge in [0.2, 0.25) is 0 Å². The van der Waals surface area contributed by atoms with Crippen LogP contribution in [0, 0.1) is 0 Å². The fourth-order valence-electron chi connectivity index (χ4n) is 2.03. The number of rotatable bonds is 7. The van der Waals surface area contributed by atoms with E-state index < -0.39 is 0 Å². The fraction of sp³-hybridized carbons (Fsp3) is 0.438. The molecule has 1 N–H and O–H groups in total. The van der Waals surface area contributed by atoms with Crippen molar-refractivity contribution in [2.24, 2.45) is 0 Å². The summed E-state index contributed by atoms with van der Waals surface area (Å²) in [5, 5.41) is 4.14. The molecule has 0 saturated carbocycles. The molecule has 20 heavy (non-hydrogen) atoms. The topological polar surface area (TPSA) is 51.5 Å². The van der Waals surface area contributed by atoms with Crippen LogP contribution >= 0.6 is 0 Å². The Labute approximate surface area is 119 Å². The molecule has 1 aromatic heterocycles. The SMILES string of the molecule is CCNC[C@@H](C)Oc1ccc2oc(C(=O)CC)cc2c1. The van der Waals surface area contributed by atoms with Gasteiger partial charge in [0, 0.05) is 18.4 Å². The second kappa shape index (κ2) is 6.57. The van der Waals surface area contributed by atoms with Crippen LogP contribution in [0.2, 0.25) is 0 Å². The highest BCUT2D eigenvalue weighted by Gasteiger charge is 2.11. The van der Waals surface area contributed by atoms with Gasteiger partial charge in [0.15, 0.2) is 11.5 Å². The Morgan fingerprint density at radius 1 is 1.35 bits per heavy atom. The zero-order valence-electron chi connectivity index (χ0n) is 12.2. The van der Waals surface area contributed by atoms with Crippen LogP contribution in [0.3, 0.4) is 0 Å². The summed E-state index contributed by atoms with van der Waals surface area (Å²) < 4.78 is 11.4. The molecule has 1 atom stereocenters. The van der Waals surface area contributed by atoms with Crippen molar-refractivity contribution in [2.45, 2.75) is 33.3 Å². The highest BCUT2D eigenvalue weighted by molar-refractivity contribution is 5.97. The summed E-state index contributed by atoms with van der Waals surface area (Å²) >= 11 is 0. The average Bonchev–Trinajstić information content (AvgIpc) is 2.87. The van der Waals surface area contributed by atoms with Crippen LogP contribution in [-0.4, -0.2) is 25.0 Å². The molecule has 0 radical (unpaired) electrons. The Morgan fingerprint density at radius 2 is 2.15 bits per heavy atom. The number of nitrogens with one attached hydrogen (secondary N) is 1. The van der Waals surface area contributed by atoms with E-state index in [0.29, 0.717) is 17.8 Å². The van der Waals surface area contributed by atoms with Crippen molar-refractivity contribution in [3.05, 3.63) is 30.0 Å². The minimum absolute atomic E-state index is 0.0178. The summed E-state index contributed by atoms with van der Waals surface area (Å²) in [7, 11) is 0. The van der Waals surface area contributed by atoms with Gasteiger partial charge in [-0.1, -0.05) is 13.8 Å². The first-order chi connectivity index (χ1) is 9.63. The van der Waals surface area contributed by atoms with Crippen molar-refractivity contribution in [2.75, 3.05) is 13.1 Å². The van der Waals surface area contributed by atoms with Gasteiger partial charge in [0.1, 0.15) is 17.4 Å². The Balaban J connectivity index is 2.14. The predicted molar refractivity (Wildman–Crippen MR) is 79.5 cm³/mol. The molecule has 0 aliphatic rings. The number of fused-ring (bicyclic) bond motifs is 1. The number of Topliss-reactive ketones (excluding diaryl/α,β-unsaturated/α-hetero) is 1. The van der Waals surface area contributed by atoms with Crippen molar-refractivity contribution in [3.8, 4) is 5.75 Å². The number of hydrogen-bond acceptors (Lipinski definition) is 4. The van der Waals surface area contributed by atoms with Crippen molar-refractivity contribution < 1.29 is 13.9 Å². The van der Waals surface area contributed by atoms with E-state index in [-0.39, 0.29) is 11.9 Å². The molecule has 0 aliphatic heterocycles. The molecule has 0 unspecified atom stereocenters. The van der Waals surface area contributed by atoms with Crippen LogP contribution in [0.15, 0.2) is 28.7 Å². The van der Waals surface area contributed by atoms with Crippen LogP contribution in [0.25, 0.3) is 11.0 Å². The maximum atomic E-state index is 11.6. The molecule has 1 aromatic carbocycles. The lowest BCUT2D eigenvalue weighted by Gasteiger charge is -2.14. The third-order valence-electron chi connectivity index (χ3n) is 3.10. The smallest absolute Gasteiger partial charge is 0.197 e. The molecular weight excluding hydrogens is 254 g/mol. The summed E-state index contributed by atoms with van der Waals surface area (Å²) in [5.74, 6) is 1.23. The van der Waals surface area contributed by atoms with Gasteiger partial charge in [0.05, 0.1) is 0 Å². The van der Waals surface area contributed by atoms with Gasteiger partial charge in [-0.2, -0.15) is 0 Å². The number of benzene rings is 1. The number of ketones is 1. The number of furan rings is 1. The van der Waals surface area contributed by atoms with E-state index in [1.165, 1.54) is 0 Å². The first kappa shape index (κ1) is 14.6. The largest absolute Gasteiger partial charge is 0.489 e. The molecule has 4 heteroatoms. The quantitative estimate of drug-likeness (QED) is 0.787. The Kier molecular flexibility index (Phi) is 4.79. The molecule has 2 aromatic rings. The van der Waals surface area contributed by atoms with Crippen molar-refractivity contribution in [3.63, 3.8) is 0 Å². The summed E-state index contributed by atoms with van der Waals surface area (Å²) in [6, 6.07) is 7.41. The molecule has 1 heterocycles. The van der Waals surface area contributed by atoms with Crippen LogP contribution in [0.1, 0.15) is 37.7 Å². The van der Waals surface area contributed by atoms with Crippen molar-refractivity contribution in [1.82, 2.24) is 5.32 Å². The minimum Gasteiger partial charge on any atom is -0.489 e. The molecule has 4 nitrogen and oxygen atoms in total. The molecule has 2 rings (SSSR count). The first-order valence-electron chi connectivity index (χ1n) is 7.08. The number of hydrogen-bond donors (Lipinski definition) is 1. The van der Waals surface area contributed by atoms with E-state index in [9.17, 15) is 4.79 Å². The van der Waals surface area contributed by atoms with E-state index in [4.69, 9.17) is 9.15 Å². The molecular formula is C16H21NO3. The Morgan fingerprint density at radius 3 is 2.85 bits per heavy atom. The monoisotopic (exact) mass is 275 g/mol. The number of likely N-dealkylation sites (N-methyl/N-ethyl adjacent to an activating group) is 1. The van der Waals surface area contributed by atoms with E-state index in [1.54, 1.807) is 6.07 Å². The maximum Gasteiger partial charge on any atom is 0.197 e. The minimum atomic E-state index is 0.0178. The molecule has 0 aliphatic carbocycles. The molecule has 0 amide bonds. The van der Waals surface area contributed by atoms with E-state index in [2.05, 4.69) is 12.2 Å². The number of carbonyl (C=O) groups excluding carboxylic acids is 1. The molecule has 0 bridgehead atoms. The van der Waals surface area contributed by atoms with Crippen molar-refractivity contribution >= 4 is 16.8 Å². The van der Waals surface area contributed by atoms with Gasteiger partial charge in [-0.15, -0.1) is 0 Å². The van der Waals surface area contributed by atoms with Gasteiger partial charge in [-0.3, -0.25) is 4.79 Å². The van der Waals surface area contributed by atoms with E-state index in [1.807, 2.05) is 32.0 Å². The van der Waals surface area contributed by atoms with Gasteiger partial charge < -0.3 is 14.5 Å². The van der Waals surface area contributed by atoms with Gasteiger partial charge >= 0.3 is 0 Å². The highest BCUT2D eigenvalue weighted by Crippen LogP contribution is 2.25. The lowest BCUT2D eigenvalue weighted by atomic mass is 10.2. The van der Waals surface area contributed by atoms with Crippen LogP contribution in [-0.2, 0) is 0 Å². The zero-order chi connectivity index (χ0) is 14.5. The second-order valence-electron chi connectivity index (χ2n) is 4.82. The number of ether oxygens (including phenoxy) is 1. The lowest BCUT2D eigenvalue weighted by Crippen LogP contribution is -2.28. The number of carbonyl (C=O) groups is 1. The Hall–Kier alpha value is -1.81. The second-order valence-corrected chi connectivity index (χ2v) is 4.82. The molecule has 0 fully saturated rings. The summed E-state index contributed by atoms with van der Waals surface area (Å²) in [6.45, 7) is 7.65. The zero-order valence-corrected chi connectivity index (χ0v) is 12.2. The first-order valence-corrected chi connectivity index (χ1v) is 7.08. The van der Waals surface area contributed by atoms with Gasteiger partial charge in [-0.25, -0.2) is 0 Å². The highest BCUT2D eigenvalue weighted by atomic mass is 16.5. The predicted octanol–water partition coefficient (Wildman–Crippen LogP) is 3.40. The summed E-state index contributed by atoms with van der Waals surface area (Å²) in [4.78, 5) is 11.6. The fourth-order valence-corrected chi connectivity index (χ4v) is 2.03. The van der Waals surface area contributed by atoms with E-state index >= 15 is 0 Å². The van der Waals surface area contributed by atoms with Crippen LogP contribution in [0.4, 0.5) is 0 Å². The third kappa shape index (κ3) is 3.39. The standard InChI is InChI=1S/C16H21NO3/c1-4-14(18)16-9-12-8-13(6-7-15(12)20-16)19-11(3)10-17-5-2/h6-9,11,17H,4-5,10H2,1-3H3/t11-/m1/s1. The normalized spacial score (nSPS) is 12.6. The van der Waals surface area contributed by atoms with Crippen molar-refractivity contribution in [1.29, 1.82) is 0 Å². The lowest BCUT2D eigenvalue weighted by molar-refractivity contribution is 0.0963. The van der Waals surface area contributed by atoms with Crippen LogP contribution < -0.4 is 10.1 Å². The van der Waals surface area contributed by atoms with Gasteiger partial charge in [0.25, 0.3) is 0 Å². The van der Waals surface area contributed by atoms with Crippen LogP contribution in [0.5, 0.6) is 5.75 Å². The third-order valence-corrected chi connectivity index (χ3v) is 3.10. The summed E-state index contributed by atoms with van der Waals surface area (Å²) in [6.07, 6.45) is 0.541. The summed E-state index contributed by atoms with van der Waals surface area (Å²) in [5.41, 5.74) is 0.716.